The van der Waals surface area contributed by atoms with Crippen molar-refractivity contribution in [3.05, 3.63) is 58.1 Å². The fraction of sp³-hybridized carbons (Fsp3) is 0.211. The van der Waals surface area contributed by atoms with Crippen LogP contribution in [0.1, 0.15) is 29.7 Å². The number of carboxylic acids is 1. The molecule has 0 aliphatic rings. The number of methoxy groups -OCH3 is 1. The molecule has 29 heavy (non-hydrogen) atoms. The number of ether oxygens (including phenoxy) is 1. The monoisotopic (exact) mass is 424 g/mol. The minimum Gasteiger partial charge on any atom is -0.497 e. The van der Waals surface area contributed by atoms with Crippen molar-refractivity contribution in [2.75, 3.05) is 7.11 Å². The van der Waals surface area contributed by atoms with Crippen LogP contribution in [-0.4, -0.2) is 28.7 Å². The first-order chi connectivity index (χ1) is 13.8. The second kappa shape index (κ2) is 8.08. The van der Waals surface area contributed by atoms with Crippen LogP contribution in [0, 0.1) is 17.5 Å². The van der Waals surface area contributed by atoms with Gasteiger partial charge < -0.3 is 14.4 Å². The molecule has 152 valence electrons. The molecule has 3 rings (SSSR count). The molecule has 0 aliphatic carbocycles. The fourth-order valence-electron chi connectivity index (χ4n) is 2.84. The Balaban J connectivity index is 2.30. The summed E-state index contributed by atoms with van der Waals surface area (Å²) in [5.74, 6) is -6.23. The lowest BCUT2D eigenvalue weighted by Crippen LogP contribution is -2.27. The van der Waals surface area contributed by atoms with Crippen LogP contribution >= 0.6 is 11.3 Å². The first-order valence-electron chi connectivity index (χ1n) is 8.42. The van der Waals surface area contributed by atoms with Crippen LogP contribution in [-0.2, 0) is 4.79 Å². The van der Waals surface area contributed by atoms with Gasteiger partial charge in [0.05, 0.1) is 17.3 Å². The van der Waals surface area contributed by atoms with Gasteiger partial charge in [0.2, 0.25) is 0 Å². The summed E-state index contributed by atoms with van der Waals surface area (Å²) in [7, 11) is 1.42. The molecule has 0 aliphatic heterocycles. The molecular weight excluding hydrogens is 409 g/mol. The van der Waals surface area contributed by atoms with Gasteiger partial charge in [-0.3, -0.25) is 4.79 Å². The van der Waals surface area contributed by atoms with E-state index in [0.29, 0.717) is 23.2 Å². The van der Waals surface area contributed by atoms with E-state index < -0.39 is 35.4 Å². The van der Waals surface area contributed by atoms with Gasteiger partial charge in [0.1, 0.15) is 11.8 Å². The average Bonchev–Trinajstić information content (AvgIpc) is 3.04. The summed E-state index contributed by atoms with van der Waals surface area (Å²) in [6.45, 7) is 1.55. The van der Waals surface area contributed by atoms with Gasteiger partial charge in [0.25, 0.3) is 5.91 Å². The summed E-state index contributed by atoms with van der Waals surface area (Å²) >= 11 is 0.567. The smallest absolute Gasteiger partial charge is 0.326 e. The Labute approximate surface area is 166 Å². The number of hydrogen-bond acceptors (Lipinski definition) is 4. The highest BCUT2D eigenvalue weighted by Crippen LogP contribution is 2.28. The molecule has 2 aromatic carbocycles. The van der Waals surface area contributed by atoms with Crippen molar-refractivity contribution >= 4 is 33.4 Å². The standard InChI is InChI=1S/C19H15F3N2O4S/c1-3-12(18(26)27)24-13-8-11(20)14(21)15(22)16(13)29-19(24)23-17(25)9-5-4-6-10(7-9)28-2/h4-8,12H,3H2,1-2H3,(H,26,27). The van der Waals surface area contributed by atoms with Crippen molar-refractivity contribution in [3.8, 4) is 5.75 Å². The van der Waals surface area contributed by atoms with E-state index in [0.717, 1.165) is 4.57 Å². The lowest BCUT2D eigenvalue weighted by Gasteiger charge is -2.13. The SMILES string of the molecule is CCC(C(=O)O)n1c(=NC(=O)c2cccc(OC)c2)sc2c(F)c(F)c(F)cc21. The number of halogens is 3. The van der Waals surface area contributed by atoms with Gasteiger partial charge >= 0.3 is 5.97 Å². The average molecular weight is 424 g/mol. The predicted octanol–water partition coefficient (Wildman–Crippen LogP) is 3.91. The molecule has 1 unspecified atom stereocenters. The minimum absolute atomic E-state index is 0.0440. The van der Waals surface area contributed by atoms with E-state index in [1.807, 2.05) is 0 Å². The molecule has 6 nitrogen and oxygen atoms in total. The molecule has 0 radical (unpaired) electrons. The van der Waals surface area contributed by atoms with E-state index in [1.54, 1.807) is 19.1 Å². The van der Waals surface area contributed by atoms with Crippen LogP contribution < -0.4 is 9.54 Å². The highest BCUT2D eigenvalue weighted by atomic mass is 32.1. The predicted molar refractivity (Wildman–Crippen MR) is 99.5 cm³/mol. The lowest BCUT2D eigenvalue weighted by molar-refractivity contribution is -0.140. The number of thiazole rings is 1. The number of nitrogens with zero attached hydrogens (tertiary/aromatic N) is 2. The number of fused-ring (bicyclic) bond motifs is 1. The summed E-state index contributed by atoms with van der Waals surface area (Å²) in [5.41, 5.74) is -0.0487. The Morgan fingerprint density at radius 3 is 2.59 bits per heavy atom. The van der Waals surface area contributed by atoms with Crippen molar-refractivity contribution in [2.45, 2.75) is 19.4 Å². The largest absolute Gasteiger partial charge is 0.497 e. The van der Waals surface area contributed by atoms with Crippen LogP contribution in [0.5, 0.6) is 5.75 Å². The number of aliphatic carboxylic acids is 1. The molecule has 1 atom stereocenters. The van der Waals surface area contributed by atoms with Crippen LogP contribution in [0.2, 0.25) is 0 Å². The molecule has 10 heteroatoms. The molecule has 1 amide bonds. The molecule has 1 N–H and O–H groups in total. The van der Waals surface area contributed by atoms with E-state index in [4.69, 9.17) is 4.74 Å². The normalized spacial score (nSPS) is 12.9. The summed E-state index contributed by atoms with van der Waals surface area (Å²) in [6.07, 6.45) is 0.0440. The number of rotatable bonds is 5. The summed E-state index contributed by atoms with van der Waals surface area (Å²) < 4.78 is 47.5. The molecule has 0 fully saturated rings. The molecule has 1 heterocycles. The minimum atomic E-state index is -1.68. The van der Waals surface area contributed by atoms with Gasteiger partial charge in [0, 0.05) is 11.6 Å². The molecular formula is C19H15F3N2O4S. The third-order valence-corrected chi connectivity index (χ3v) is 5.32. The topological polar surface area (TPSA) is 80.9 Å². The first-order valence-corrected chi connectivity index (χ1v) is 9.24. The second-order valence-corrected chi connectivity index (χ2v) is 6.98. The Morgan fingerprint density at radius 1 is 1.24 bits per heavy atom. The molecule has 0 spiro atoms. The number of carbonyl (C=O) groups is 2. The maximum Gasteiger partial charge on any atom is 0.326 e. The van der Waals surface area contributed by atoms with E-state index in [2.05, 4.69) is 4.99 Å². The van der Waals surface area contributed by atoms with Gasteiger partial charge in [-0.25, -0.2) is 18.0 Å². The molecule has 1 aromatic heterocycles. The Morgan fingerprint density at radius 2 is 1.97 bits per heavy atom. The summed E-state index contributed by atoms with van der Waals surface area (Å²) in [4.78, 5) is 28.0. The zero-order chi connectivity index (χ0) is 21.3. The highest BCUT2D eigenvalue weighted by Gasteiger charge is 2.26. The number of benzene rings is 2. The van der Waals surface area contributed by atoms with Crippen molar-refractivity contribution in [1.29, 1.82) is 0 Å². The van der Waals surface area contributed by atoms with Crippen LogP contribution in [0.25, 0.3) is 10.2 Å². The van der Waals surface area contributed by atoms with Crippen molar-refractivity contribution in [1.82, 2.24) is 4.57 Å². The van der Waals surface area contributed by atoms with E-state index in [9.17, 15) is 27.9 Å². The Hall–Kier alpha value is -3.14. The fourth-order valence-corrected chi connectivity index (χ4v) is 3.91. The zero-order valence-corrected chi connectivity index (χ0v) is 16.1. The van der Waals surface area contributed by atoms with Crippen molar-refractivity contribution in [3.63, 3.8) is 0 Å². The van der Waals surface area contributed by atoms with Crippen LogP contribution in [0.3, 0.4) is 0 Å². The zero-order valence-electron chi connectivity index (χ0n) is 15.3. The maximum atomic E-state index is 14.3. The molecule has 3 aromatic rings. The van der Waals surface area contributed by atoms with Gasteiger partial charge in [-0.15, -0.1) is 0 Å². The number of carboxylic acid groups (broad SMARTS) is 1. The van der Waals surface area contributed by atoms with E-state index in [1.165, 1.54) is 19.2 Å². The van der Waals surface area contributed by atoms with Gasteiger partial charge in [-0.05, 0) is 24.6 Å². The maximum absolute atomic E-state index is 14.3. The number of hydrogen-bond donors (Lipinski definition) is 1. The highest BCUT2D eigenvalue weighted by molar-refractivity contribution is 7.16. The number of aromatic nitrogens is 1. The molecule has 0 saturated carbocycles. The Bertz CT molecular complexity index is 1190. The van der Waals surface area contributed by atoms with Crippen LogP contribution in [0.4, 0.5) is 13.2 Å². The molecule has 0 bridgehead atoms. The summed E-state index contributed by atoms with van der Waals surface area (Å²) in [5, 5.41) is 9.52. The van der Waals surface area contributed by atoms with Crippen LogP contribution in [0.15, 0.2) is 35.3 Å². The number of carbonyl (C=O) groups excluding carboxylic acids is 1. The van der Waals surface area contributed by atoms with Crippen molar-refractivity contribution < 1.29 is 32.6 Å². The summed E-state index contributed by atoms with van der Waals surface area (Å²) in [6, 6.07) is 5.53. The lowest BCUT2D eigenvalue weighted by atomic mass is 10.2. The molecule has 0 saturated heterocycles. The first kappa shape index (κ1) is 20.6. The van der Waals surface area contributed by atoms with Gasteiger partial charge in [-0.1, -0.05) is 24.3 Å². The third kappa shape index (κ3) is 3.75. The second-order valence-electron chi connectivity index (χ2n) is 6.00. The van der Waals surface area contributed by atoms with Gasteiger partial charge in [0.15, 0.2) is 22.3 Å². The van der Waals surface area contributed by atoms with E-state index in [-0.39, 0.29) is 27.0 Å². The number of amides is 1. The van der Waals surface area contributed by atoms with Crippen molar-refractivity contribution in [2.24, 2.45) is 4.99 Å². The third-order valence-electron chi connectivity index (χ3n) is 4.25. The van der Waals surface area contributed by atoms with E-state index >= 15 is 0 Å². The quantitative estimate of drug-likeness (QED) is 0.630. The Kier molecular flexibility index (Phi) is 5.73. The van der Waals surface area contributed by atoms with Gasteiger partial charge in [-0.2, -0.15) is 4.99 Å².